The minimum absolute atomic E-state index is 0.494. The molecule has 1 saturated heterocycles. The van der Waals surface area contributed by atoms with Crippen molar-refractivity contribution in [2.24, 2.45) is 0 Å². The molecule has 6 heteroatoms. The number of piperidine rings is 1. The number of nitrogens with zero attached hydrogens (tertiary/aromatic N) is 3. The average molecular weight is 375 g/mol. The standard InChI is InChI=1S/C20H27ClN4O/c1-24-11-5-6-14(13-24)19-16-7-3-4-10-22-20(16)25(23-19)17-12-15(21)8-9-18(17)26-2/h8-9,12,14,22H,3-7,10-11,13H2,1-2H3. The fourth-order valence-electron chi connectivity index (χ4n) is 4.25. The van der Waals surface area contributed by atoms with Crippen molar-refractivity contribution in [2.45, 2.75) is 38.0 Å². The predicted octanol–water partition coefficient (Wildman–Crippen LogP) is 4.09. The molecule has 26 heavy (non-hydrogen) atoms. The third kappa shape index (κ3) is 3.30. The van der Waals surface area contributed by atoms with Crippen LogP contribution in [0.25, 0.3) is 5.69 Å². The number of rotatable bonds is 3. The second kappa shape index (κ2) is 7.49. The first-order valence-electron chi connectivity index (χ1n) is 9.55. The van der Waals surface area contributed by atoms with Gasteiger partial charge in [0.2, 0.25) is 0 Å². The number of anilines is 1. The molecule has 4 rings (SSSR count). The van der Waals surface area contributed by atoms with E-state index in [0.717, 1.165) is 36.8 Å². The van der Waals surface area contributed by atoms with Crippen LogP contribution in [0.15, 0.2) is 18.2 Å². The lowest BCUT2D eigenvalue weighted by Crippen LogP contribution is -2.31. The minimum atomic E-state index is 0.494. The van der Waals surface area contributed by atoms with Crippen molar-refractivity contribution in [3.63, 3.8) is 0 Å². The van der Waals surface area contributed by atoms with Crippen LogP contribution in [0.4, 0.5) is 5.82 Å². The summed E-state index contributed by atoms with van der Waals surface area (Å²) in [6, 6.07) is 5.71. The van der Waals surface area contributed by atoms with Gasteiger partial charge in [-0.3, -0.25) is 0 Å². The molecule has 0 spiro atoms. The molecule has 0 saturated carbocycles. The predicted molar refractivity (Wildman–Crippen MR) is 106 cm³/mol. The number of halogens is 1. The number of hydrogen-bond donors (Lipinski definition) is 1. The number of fused-ring (bicyclic) bond motifs is 1. The van der Waals surface area contributed by atoms with E-state index >= 15 is 0 Å². The first-order chi connectivity index (χ1) is 12.7. The van der Waals surface area contributed by atoms with Crippen molar-refractivity contribution in [1.82, 2.24) is 14.7 Å². The highest BCUT2D eigenvalue weighted by Crippen LogP contribution is 2.37. The summed E-state index contributed by atoms with van der Waals surface area (Å²) in [5.41, 5.74) is 3.54. The molecule has 0 bridgehead atoms. The number of nitrogens with one attached hydrogen (secondary N) is 1. The molecular formula is C20H27ClN4O. The molecule has 0 radical (unpaired) electrons. The van der Waals surface area contributed by atoms with Crippen molar-refractivity contribution in [2.75, 3.05) is 39.1 Å². The molecule has 1 atom stereocenters. The third-order valence-corrected chi connectivity index (χ3v) is 5.78. The van der Waals surface area contributed by atoms with Crippen LogP contribution in [0, 0.1) is 0 Å². The Morgan fingerprint density at radius 2 is 2.15 bits per heavy atom. The summed E-state index contributed by atoms with van der Waals surface area (Å²) in [5.74, 6) is 2.40. The monoisotopic (exact) mass is 374 g/mol. The van der Waals surface area contributed by atoms with E-state index in [1.165, 1.54) is 43.5 Å². The fourth-order valence-corrected chi connectivity index (χ4v) is 4.42. The molecule has 3 heterocycles. The van der Waals surface area contributed by atoms with Gasteiger partial charge in [0.1, 0.15) is 17.3 Å². The Morgan fingerprint density at radius 3 is 2.96 bits per heavy atom. The van der Waals surface area contributed by atoms with Crippen molar-refractivity contribution < 1.29 is 4.74 Å². The molecule has 2 aliphatic heterocycles. The molecule has 2 aliphatic rings. The molecular weight excluding hydrogens is 348 g/mol. The largest absolute Gasteiger partial charge is 0.494 e. The van der Waals surface area contributed by atoms with Gasteiger partial charge < -0.3 is 15.0 Å². The number of methoxy groups -OCH3 is 1. The number of likely N-dealkylation sites (tertiary alicyclic amines) is 1. The maximum atomic E-state index is 6.29. The lowest BCUT2D eigenvalue weighted by molar-refractivity contribution is 0.247. The fraction of sp³-hybridized carbons (Fsp3) is 0.550. The first-order valence-corrected chi connectivity index (χ1v) is 9.93. The van der Waals surface area contributed by atoms with Crippen LogP contribution in [0.2, 0.25) is 5.02 Å². The number of benzene rings is 1. The number of aromatic nitrogens is 2. The average Bonchev–Trinajstić information content (AvgIpc) is 2.82. The summed E-state index contributed by atoms with van der Waals surface area (Å²) < 4.78 is 7.62. The molecule has 1 unspecified atom stereocenters. The van der Waals surface area contributed by atoms with Gasteiger partial charge >= 0.3 is 0 Å². The lowest BCUT2D eigenvalue weighted by Gasteiger charge is -2.29. The van der Waals surface area contributed by atoms with Crippen molar-refractivity contribution in [3.8, 4) is 11.4 Å². The minimum Gasteiger partial charge on any atom is -0.494 e. The van der Waals surface area contributed by atoms with Gasteiger partial charge in [0.15, 0.2) is 0 Å². The van der Waals surface area contributed by atoms with Crippen LogP contribution < -0.4 is 10.1 Å². The smallest absolute Gasteiger partial charge is 0.144 e. The van der Waals surface area contributed by atoms with Gasteiger partial charge in [-0.25, -0.2) is 4.68 Å². The third-order valence-electron chi connectivity index (χ3n) is 5.54. The summed E-state index contributed by atoms with van der Waals surface area (Å²) in [6.07, 6.45) is 5.91. The summed E-state index contributed by atoms with van der Waals surface area (Å²) in [5, 5.41) is 9.41. The first kappa shape index (κ1) is 17.7. The van der Waals surface area contributed by atoms with Gasteiger partial charge in [-0.2, -0.15) is 5.10 Å². The van der Waals surface area contributed by atoms with Crippen LogP contribution in [0.1, 0.15) is 42.9 Å². The van der Waals surface area contributed by atoms with Gasteiger partial charge in [0, 0.05) is 29.6 Å². The number of likely N-dealkylation sites (N-methyl/N-ethyl adjacent to an activating group) is 1. The van der Waals surface area contributed by atoms with E-state index in [4.69, 9.17) is 21.4 Å². The van der Waals surface area contributed by atoms with E-state index in [0.29, 0.717) is 10.9 Å². The highest BCUT2D eigenvalue weighted by molar-refractivity contribution is 6.30. The number of ether oxygens (including phenoxy) is 1. The zero-order valence-corrected chi connectivity index (χ0v) is 16.4. The Kier molecular flexibility index (Phi) is 5.09. The SMILES string of the molecule is COc1ccc(Cl)cc1-n1nc(C2CCCN(C)C2)c2c1NCCCC2. The zero-order valence-electron chi connectivity index (χ0n) is 15.6. The van der Waals surface area contributed by atoms with Gasteiger partial charge in [0.05, 0.1) is 12.8 Å². The Hall–Kier alpha value is -1.72. The highest BCUT2D eigenvalue weighted by Gasteiger charge is 2.29. The summed E-state index contributed by atoms with van der Waals surface area (Å²) in [6.45, 7) is 3.24. The van der Waals surface area contributed by atoms with E-state index in [1.807, 2.05) is 22.9 Å². The van der Waals surface area contributed by atoms with Crippen molar-refractivity contribution in [1.29, 1.82) is 0 Å². The highest BCUT2D eigenvalue weighted by atomic mass is 35.5. The van der Waals surface area contributed by atoms with E-state index < -0.39 is 0 Å². The maximum Gasteiger partial charge on any atom is 0.144 e. The Morgan fingerprint density at radius 1 is 1.27 bits per heavy atom. The normalized spacial score (nSPS) is 21.0. The molecule has 1 N–H and O–H groups in total. The maximum absolute atomic E-state index is 6.29. The van der Waals surface area contributed by atoms with Gasteiger partial charge in [-0.15, -0.1) is 0 Å². The Balaban J connectivity index is 1.84. The summed E-state index contributed by atoms with van der Waals surface area (Å²) in [4.78, 5) is 2.42. The van der Waals surface area contributed by atoms with Crippen LogP contribution >= 0.6 is 11.6 Å². The van der Waals surface area contributed by atoms with Crippen molar-refractivity contribution in [3.05, 3.63) is 34.5 Å². The van der Waals surface area contributed by atoms with E-state index in [9.17, 15) is 0 Å². The van der Waals surface area contributed by atoms with Crippen LogP contribution in [-0.4, -0.2) is 48.5 Å². The molecule has 0 amide bonds. The molecule has 1 aromatic heterocycles. The summed E-state index contributed by atoms with van der Waals surface area (Å²) in [7, 11) is 3.90. The molecule has 5 nitrogen and oxygen atoms in total. The zero-order chi connectivity index (χ0) is 18.1. The molecule has 1 fully saturated rings. The van der Waals surface area contributed by atoms with Gasteiger partial charge in [-0.05, 0) is 63.9 Å². The Bertz CT molecular complexity index is 788. The van der Waals surface area contributed by atoms with Crippen LogP contribution in [0.5, 0.6) is 5.75 Å². The molecule has 0 aliphatic carbocycles. The second-order valence-corrected chi connectivity index (χ2v) is 7.86. The molecule has 2 aromatic rings. The van der Waals surface area contributed by atoms with Crippen LogP contribution in [-0.2, 0) is 6.42 Å². The summed E-state index contributed by atoms with van der Waals surface area (Å²) >= 11 is 6.29. The molecule has 140 valence electrons. The van der Waals surface area contributed by atoms with E-state index in [2.05, 4.69) is 17.3 Å². The van der Waals surface area contributed by atoms with Crippen LogP contribution in [0.3, 0.4) is 0 Å². The quantitative estimate of drug-likeness (QED) is 0.878. The topological polar surface area (TPSA) is 42.3 Å². The van der Waals surface area contributed by atoms with E-state index in [-0.39, 0.29) is 0 Å². The van der Waals surface area contributed by atoms with E-state index in [1.54, 1.807) is 7.11 Å². The lowest BCUT2D eigenvalue weighted by atomic mass is 9.91. The van der Waals surface area contributed by atoms with Crippen molar-refractivity contribution >= 4 is 17.4 Å². The second-order valence-electron chi connectivity index (χ2n) is 7.43. The van der Waals surface area contributed by atoms with Gasteiger partial charge in [0.25, 0.3) is 0 Å². The molecule has 1 aromatic carbocycles. The Labute approximate surface area is 160 Å². The van der Waals surface area contributed by atoms with Gasteiger partial charge in [-0.1, -0.05) is 11.6 Å². The number of hydrogen-bond acceptors (Lipinski definition) is 4.